The van der Waals surface area contributed by atoms with Crippen molar-refractivity contribution >= 4 is 50.9 Å². The van der Waals surface area contributed by atoms with Gasteiger partial charge in [-0.25, -0.2) is 0 Å². The third-order valence-electron chi connectivity index (χ3n) is 2.63. The molecule has 110 valence electrons. The number of benzene rings is 2. The standard InChI is InChI=1S/C15H13BrClNO2S/c1-21-12-5-3-11(4-6-12)18-15(19)9-20-14-7-2-10(17)8-13(14)16/h2-8H,9H2,1H3,(H,18,19). The van der Waals surface area contributed by atoms with Gasteiger partial charge in [-0.15, -0.1) is 11.8 Å². The summed E-state index contributed by atoms with van der Waals surface area (Å²) in [5.74, 6) is 0.362. The maximum atomic E-state index is 11.8. The van der Waals surface area contributed by atoms with Gasteiger partial charge in [-0.2, -0.15) is 0 Å². The summed E-state index contributed by atoms with van der Waals surface area (Å²) in [5.41, 5.74) is 0.747. The van der Waals surface area contributed by atoms with E-state index in [2.05, 4.69) is 21.2 Å². The number of hydrogen-bond acceptors (Lipinski definition) is 3. The van der Waals surface area contributed by atoms with Gasteiger partial charge in [0.1, 0.15) is 5.75 Å². The molecule has 0 fully saturated rings. The monoisotopic (exact) mass is 385 g/mol. The summed E-state index contributed by atoms with van der Waals surface area (Å²) in [6, 6.07) is 12.8. The Balaban J connectivity index is 1.89. The summed E-state index contributed by atoms with van der Waals surface area (Å²) in [6.07, 6.45) is 2.01. The smallest absolute Gasteiger partial charge is 0.262 e. The summed E-state index contributed by atoms with van der Waals surface area (Å²) < 4.78 is 6.16. The van der Waals surface area contributed by atoms with E-state index in [0.717, 1.165) is 10.6 Å². The molecule has 0 aliphatic rings. The number of halogens is 2. The molecular formula is C15H13BrClNO2S. The molecule has 0 saturated carbocycles. The molecule has 6 heteroatoms. The number of amides is 1. The van der Waals surface area contributed by atoms with Crippen LogP contribution in [0.5, 0.6) is 5.75 Å². The Morgan fingerprint density at radius 3 is 2.62 bits per heavy atom. The molecule has 2 aromatic carbocycles. The predicted molar refractivity (Wildman–Crippen MR) is 91.5 cm³/mol. The molecule has 1 amide bonds. The van der Waals surface area contributed by atoms with Crippen LogP contribution < -0.4 is 10.1 Å². The molecule has 0 aliphatic carbocycles. The lowest BCUT2D eigenvalue weighted by atomic mass is 10.3. The van der Waals surface area contributed by atoms with Gasteiger partial charge in [0.05, 0.1) is 4.47 Å². The number of rotatable bonds is 5. The second-order valence-corrected chi connectivity index (χ2v) is 6.31. The van der Waals surface area contributed by atoms with Crippen molar-refractivity contribution in [3.05, 3.63) is 52.0 Å². The topological polar surface area (TPSA) is 38.3 Å². The van der Waals surface area contributed by atoms with E-state index in [1.165, 1.54) is 0 Å². The molecule has 0 unspecified atom stereocenters. The van der Waals surface area contributed by atoms with Crippen LogP contribution in [-0.4, -0.2) is 18.8 Å². The summed E-state index contributed by atoms with van der Waals surface area (Å²) in [4.78, 5) is 13.0. The molecule has 3 nitrogen and oxygen atoms in total. The molecule has 0 heterocycles. The highest BCUT2D eigenvalue weighted by Crippen LogP contribution is 2.27. The highest BCUT2D eigenvalue weighted by Gasteiger charge is 2.06. The fourth-order valence-electron chi connectivity index (χ4n) is 1.61. The highest BCUT2D eigenvalue weighted by molar-refractivity contribution is 9.10. The van der Waals surface area contributed by atoms with Crippen LogP contribution in [-0.2, 0) is 4.79 Å². The molecular weight excluding hydrogens is 374 g/mol. The minimum atomic E-state index is -0.214. The average molecular weight is 387 g/mol. The van der Waals surface area contributed by atoms with Crippen LogP contribution in [0.25, 0.3) is 0 Å². The minimum Gasteiger partial charge on any atom is -0.483 e. The van der Waals surface area contributed by atoms with Crippen molar-refractivity contribution in [3.8, 4) is 5.75 Å². The van der Waals surface area contributed by atoms with Crippen LogP contribution >= 0.6 is 39.3 Å². The maximum Gasteiger partial charge on any atom is 0.262 e. The molecule has 2 aromatic rings. The highest BCUT2D eigenvalue weighted by atomic mass is 79.9. The lowest BCUT2D eigenvalue weighted by Crippen LogP contribution is -2.20. The van der Waals surface area contributed by atoms with Gasteiger partial charge in [0.15, 0.2) is 6.61 Å². The lowest BCUT2D eigenvalue weighted by Gasteiger charge is -2.09. The molecule has 0 atom stereocenters. The van der Waals surface area contributed by atoms with Crippen molar-refractivity contribution in [2.24, 2.45) is 0 Å². The van der Waals surface area contributed by atoms with Crippen molar-refractivity contribution in [2.45, 2.75) is 4.90 Å². The van der Waals surface area contributed by atoms with E-state index in [1.54, 1.807) is 30.0 Å². The van der Waals surface area contributed by atoms with E-state index in [0.29, 0.717) is 15.2 Å². The van der Waals surface area contributed by atoms with Crippen LogP contribution in [0.3, 0.4) is 0 Å². The zero-order valence-electron chi connectivity index (χ0n) is 11.2. The first-order valence-corrected chi connectivity index (χ1v) is 8.50. The van der Waals surface area contributed by atoms with Crippen LogP contribution in [0.1, 0.15) is 0 Å². The Labute approximate surface area is 141 Å². The molecule has 21 heavy (non-hydrogen) atoms. The Bertz CT molecular complexity index is 634. The van der Waals surface area contributed by atoms with Crippen LogP contribution in [0.2, 0.25) is 5.02 Å². The van der Waals surface area contributed by atoms with Gasteiger partial charge < -0.3 is 10.1 Å². The zero-order valence-corrected chi connectivity index (χ0v) is 14.4. The van der Waals surface area contributed by atoms with Gasteiger partial charge in [0.25, 0.3) is 5.91 Å². The SMILES string of the molecule is CSc1ccc(NC(=O)COc2ccc(Cl)cc2Br)cc1. The zero-order chi connectivity index (χ0) is 15.2. The minimum absolute atomic E-state index is 0.0650. The van der Waals surface area contributed by atoms with Gasteiger partial charge >= 0.3 is 0 Å². The van der Waals surface area contributed by atoms with Crippen LogP contribution in [0, 0.1) is 0 Å². The summed E-state index contributed by atoms with van der Waals surface area (Å²) in [7, 11) is 0. The van der Waals surface area contributed by atoms with E-state index in [9.17, 15) is 4.79 Å². The Kier molecular flexibility index (Phi) is 5.96. The largest absolute Gasteiger partial charge is 0.483 e. The molecule has 2 rings (SSSR count). The normalized spacial score (nSPS) is 10.2. The van der Waals surface area contributed by atoms with E-state index < -0.39 is 0 Å². The third kappa shape index (κ3) is 4.95. The maximum absolute atomic E-state index is 11.8. The molecule has 1 N–H and O–H groups in total. The van der Waals surface area contributed by atoms with Crippen molar-refractivity contribution in [3.63, 3.8) is 0 Å². The first-order chi connectivity index (χ1) is 10.1. The summed E-state index contributed by atoms with van der Waals surface area (Å²) >= 11 is 10.8. The number of anilines is 1. The lowest BCUT2D eigenvalue weighted by molar-refractivity contribution is -0.118. The summed E-state index contributed by atoms with van der Waals surface area (Å²) in [6.45, 7) is -0.0650. The molecule has 0 spiro atoms. The fraction of sp³-hybridized carbons (Fsp3) is 0.133. The van der Waals surface area contributed by atoms with E-state index in [1.807, 2.05) is 30.5 Å². The number of thioether (sulfide) groups is 1. The van der Waals surface area contributed by atoms with Gasteiger partial charge in [-0.1, -0.05) is 11.6 Å². The van der Waals surface area contributed by atoms with Crippen molar-refractivity contribution in [1.82, 2.24) is 0 Å². The Morgan fingerprint density at radius 1 is 1.29 bits per heavy atom. The van der Waals surface area contributed by atoms with Crippen LogP contribution in [0.4, 0.5) is 5.69 Å². The van der Waals surface area contributed by atoms with Crippen molar-refractivity contribution < 1.29 is 9.53 Å². The fourth-order valence-corrected chi connectivity index (χ4v) is 2.81. The molecule has 0 aliphatic heterocycles. The van der Waals surface area contributed by atoms with Gasteiger partial charge in [-0.05, 0) is 64.7 Å². The predicted octanol–water partition coefficient (Wildman–Crippen LogP) is 4.84. The molecule has 0 bridgehead atoms. The second kappa shape index (κ2) is 7.73. The van der Waals surface area contributed by atoms with Gasteiger partial charge in [0.2, 0.25) is 0 Å². The van der Waals surface area contributed by atoms with Gasteiger partial charge in [-0.3, -0.25) is 4.79 Å². The van der Waals surface area contributed by atoms with Crippen LogP contribution in [0.15, 0.2) is 51.8 Å². The first kappa shape index (κ1) is 16.2. The number of hydrogen-bond donors (Lipinski definition) is 1. The average Bonchev–Trinajstić information content (AvgIpc) is 2.47. The first-order valence-electron chi connectivity index (χ1n) is 6.10. The van der Waals surface area contributed by atoms with E-state index in [-0.39, 0.29) is 12.5 Å². The quantitative estimate of drug-likeness (QED) is 0.747. The number of ether oxygens (including phenoxy) is 1. The van der Waals surface area contributed by atoms with Gasteiger partial charge in [0, 0.05) is 15.6 Å². The second-order valence-electron chi connectivity index (χ2n) is 4.14. The molecule has 0 aromatic heterocycles. The Hall–Kier alpha value is -1.17. The van der Waals surface area contributed by atoms with Crippen molar-refractivity contribution in [1.29, 1.82) is 0 Å². The van der Waals surface area contributed by atoms with E-state index in [4.69, 9.17) is 16.3 Å². The number of carbonyl (C=O) groups excluding carboxylic acids is 1. The molecule has 0 saturated heterocycles. The molecule has 0 radical (unpaired) electrons. The number of nitrogens with one attached hydrogen (secondary N) is 1. The van der Waals surface area contributed by atoms with Crippen molar-refractivity contribution in [2.75, 3.05) is 18.2 Å². The number of carbonyl (C=O) groups is 1. The Morgan fingerprint density at radius 2 is 2.00 bits per heavy atom. The van der Waals surface area contributed by atoms with E-state index >= 15 is 0 Å². The summed E-state index contributed by atoms with van der Waals surface area (Å²) in [5, 5.41) is 3.38. The third-order valence-corrected chi connectivity index (χ3v) is 4.22.